The first-order valence-corrected chi connectivity index (χ1v) is 6.28. The number of fused-ring (bicyclic) bond motifs is 3. The number of ether oxygens (including phenoxy) is 2. The molecule has 0 bridgehead atoms. The molecule has 0 aliphatic carbocycles. The topological polar surface area (TPSA) is 18.5 Å². The van der Waals surface area contributed by atoms with Gasteiger partial charge in [-0.05, 0) is 40.6 Å². The first kappa shape index (κ1) is 11.8. The molecule has 0 saturated heterocycles. The molecule has 19 heavy (non-hydrogen) atoms. The molecule has 0 spiro atoms. The summed E-state index contributed by atoms with van der Waals surface area (Å²) in [7, 11) is 3.33. The molecule has 0 atom stereocenters. The van der Waals surface area contributed by atoms with Crippen molar-refractivity contribution in [3.63, 3.8) is 0 Å². The molecule has 2 heteroatoms. The maximum atomic E-state index is 5.40. The molecule has 0 aliphatic rings. The van der Waals surface area contributed by atoms with Crippen molar-refractivity contribution in [1.82, 2.24) is 0 Å². The average molecular weight is 252 g/mol. The number of aryl methyl sites for hydroxylation is 1. The van der Waals surface area contributed by atoms with Crippen LogP contribution in [0, 0.1) is 6.92 Å². The predicted molar refractivity (Wildman–Crippen MR) is 79.3 cm³/mol. The van der Waals surface area contributed by atoms with Gasteiger partial charge < -0.3 is 9.47 Å². The Bertz CT molecular complexity index is 760. The Morgan fingerprint density at radius 2 is 1.26 bits per heavy atom. The van der Waals surface area contributed by atoms with E-state index in [0.717, 1.165) is 16.9 Å². The first-order chi connectivity index (χ1) is 9.22. The first-order valence-electron chi connectivity index (χ1n) is 6.28. The molecule has 0 N–H and O–H groups in total. The Labute approximate surface area is 112 Å². The lowest BCUT2D eigenvalue weighted by Crippen LogP contribution is -1.91. The molecule has 0 aromatic heterocycles. The van der Waals surface area contributed by atoms with E-state index in [1.165, 1.54) is 21.7 Å². The fourth-order valence-corrected chi connectivity index (χ4v) is 2.49. The van der Waals surface area contributed by atoms with E-state index in [9.17, 15) is 0 Å². The van der Waals surface area contributed by atoms with Gasteiger partial charge in [0.2, 0.25) is 0 Å². The summed E-state index contributed by atoms with van der Waals surface area (Å²) in [6.07, 6.45) is 0. The van der Waals surface area contributed by atoms with Crippen LogP contribution < -0.4 is 9.47 Å². The minimum atomic E-state index is 0.766. The molecule has 0 amide bonds. The highest BCUT2D eigenvalue weighted by molar-refractivity contribution is 6.08. The monoisotopic (exact) mass is 252 g/mol. The molecule has 0 fully saturated rings. The van der Waals surface area contributed by atoms with Gasteiger partial charge in [0.25, 0.3) is 0 Å². The lowest BCUT2D eigenvalue weighted by molar-refractivity contribution is 0.356. The van der Waals surface area contributed by atoms with Crippen LogP contribution in [0.15, 0.2) is 42.5 Å². The maximum absolute atomic E-state index is 5.40. The van der Waals surface area contributed by atoms with Crippen LogP contribution >= 0.6 is 0 Å². The van der Waals surface area contributed by atoms with E-state index in [2.05, 4.69) is 43.3 Å². The highest BCUT2D eigenvalue weighted by Crippen LogP contribution is 2.35. The predicted octanol–water partition coefficient (Wildman–Crippen LogP) is 4.32. The highest BCUT2D eigenvalue weighted by Gasteiger charge is 2.08. The van der Waals surface area contributed by atoms with Crippen molar-refractivity contribution < 1.29 is 9.47 Å². The van der Waals surface area contributed by atoms with Gasteiger partial charge >= 0.3 is 0 Å². The molecule has 0 aliphatic heterocycles. The second kappa shape index (κ2) is 4.47. The minimum absolute atomic E-state index is 0.766. The van der Waals surface area contributed by atoms with Crippen LogP contribution in [0.5, 0.6) is 11.5 Å². The summed E-state index contributed by atoms with van der Waals surface area (Å²) in [5.74, 6) is 1.53. The van der Waals surface area contributed by atoms with Crippen molar-refractivity contribution in [1.29, 1.82) is 0 Å². The zero-order chi connectivity index (χ0) is 13.4. The zero-order valence-corrected chi connectivity index (χ0v) is 11.4. The van der Waals surface area contributed by atoms with E-state index in [0.29, 0.717) is 0 Å². The van der Waals surface area contributed by atoms with Gasteiger partial charge in [-0.25, -0.2) is 0 Å². The van der Waals surface area contributed by atoms with Crippen LogP contribution in [0.3, 0.4) is 0 Å². The Morgan fingerprint density at radius 3 is 2.00 bits per heavy atom. The van der Waals surface area contributed by atoms with Gasteiger partial charge in [0, 0.05) is 0 Å². The van der Waals surface area contributed by atoms with Crippen molar-refractivity contribution >= 4 is 21.5 Å². The molecule has 0 radical (unpaired) electrons. The van der Waals surface area contributed by atoms with Crippen molar-refractivity contribution in [2.24, 2.45) is 0 Å². The summed E-state index contributed by atoms with van der Waals surface area (Å²) in [5.41, 5.74) is 1.26. The number of methoxy groups -OCH3 is 2. The molecule has 96 valence electrons. The van der Waals surface area contributed by atoms with Gasteiger partial charge in [-0.3, -0.25) is 0 Å². The van der Waals surface area contributed by atoms with Gasteiger partial charge in [-0.1, -0.05) is 35.9 Å². The van der Waals surface area contributed by atoms with Crippen molar-refractivity contribution in [2.45, 2.75) is 6.92 Å². The Hall–Kier alpha value is -2.22. The molecule has 0 saturated carbocycles. The fourth-order valence-electron chi connectivity index (χ4n) is 2.49. The summed E-state index contributed by atoms with van der Waals surface area (Å²) >= 11 is 0. The lowest BCUT2D eigenvalue weighted by Gasteiger charge is -2.11. The summed E-state index contributed by atoms with van der Waals surface area (Å²) < 4.78 is 10.8. The van der Waals surface area contributed by atoms with Gasteiger partial charge in [-0.15, -0.1) is 0 Å². The zero-order valence-electron chi connectivity index (χ0n) is 11.4. The summed E-state index contributed by atoms with van der Waals surface area (Å²) in [6.45, 7) is 2.11. The molecule has 2 nitrogen and oxygen atoms in total. The van der Waals surface area contributed by atoms with Crippen LogP contribution in [0.4, 0.5) is 0 Å². The molecular formula is C17H16O2. The smallest absolute Gasteiger partial charge is 0.161 e. The average Bonchev–Trinajstić information content (AvgIpc) is 2.45. The third-order valence-electron chi connectivity index (χ3n) is 3.50. The third-order valence-corrected chi connectivity index (χ3v) is 3.50. The molecule has 0 unspecified atom stereocenters. The number of benzene rings is 3. The van der Waals surface area contributed by atoms with Gasteiger partial charge in [0.1, 0.15) is 0 Å². The van der Waals surface area contributed by atoms with Crippen molar-refractivity contribution in [3.8, 4) is 11.5 Å². The molecule has 0 heterocycles. The molecule has 3 aromatic rings. The largest absolute Gasteiger partial charge is 0.493 e. The van der Waals surface area contributed by atoms with Crippen LogP contribution in [0.25, 0.3) is 21.5 Å². The van der Waals surface area contributed by atoms with Crippen LogP contribution in [0.1, 0.15) is 5.56 Å². The minimum Gasteiger partial charge on any atom is -0.493 e. The second-order valence-electron chi connectivity index (χ2n) is 4.72. The van der Waals surface area contributed by atoms with E-state index in [1.54, 1.807) is 14.2 Å². The van der Waals surface area contributed by atoms with E-state index < -0.39 is 0 Å². The maximum Gasteiger partial charge on any atom is 0.161 e. The van der Waals surface area contributed by atoms with Crippen molar-refractivity contribution in [2.75, 3.05) is 14.2 Å². The quantitative estimate of drug-likeness (QED) is 0.632. The van der Waals surface area contributed by atoms with Gasteiger partial charge in [-0.2, -0.15) is 0 Å². The molecule has 3 aromatic carbocycles. The third kappa shape index (κ3) is 1.89. The summed E-state index contributed by atoms with van der Waals surface area (Å²) in [6, 6.07) is 14.8. The second-order valence-corrected chi connectivity index (χ2v) is 4.72. The van der Waals surface area contributed by atoms with Crippen LogP contribution in [0.2, 0.25) is 0 Å². The lowest BCUT2D eigenvalue weighted by atomic mass is 10.00. The molecular weight excluding hydrogens is 236 g/mol. The fraction of sp³-hybridized carbons (Fsp3) is 0.176. The Balaban J connectivity index is 2.43. The number of hydrogen-bond acceptors (Lipinski definition) is 2. The number of hydrogen-bond donors (Lipinski definition) is 0. The van der Waals surface area contributed by atoms with E-state index in [-0.39, 0.29) is 0 Å². The van der Waals surface area contributed by atoms with E-state index in [4.69, 9.17) is 9.47 Å². The van der Waals surface area contributed by atoms with E-state index in [1.807, 2.05) is 6.07 Å². The Morgan fingerprint density at radius 1 is 0.684 bits per heavy atom. The normalized spacial score (nSPS) is 10.9. The van der Waals surface area contributed by atoms with E-state index >= 15 is 0 Å². The molecule has 3 rings (SSSR count). The standard InChI is InChI=1S/C17H16O2/c1-11-4-5-12-6-7-13-9-16(18-2)17(19-3)10-15(13)14(12)8-11/h4-10H,1-3H3. The van der Waals surface area contributed by atoms with Gasteiger partial charge in [0.05, 0.1) is 14.2 Å². The highest BCUT2D eigenvalue weighted by atomic mass is 16.5. The van der Waals surface area contributed by atoms with Crippen molar-refractivity contribution in [3.05, 3.63) is 48.0 Å². The summed E-state index contributed by atoms with van der Waals surface area (Å²) in [4.78, 5) is 0. The van der Waals surface area contributed by atoms with Gasteiger partial charge in [0.15, 0.2) is 11.5 Å². The van der Waals surface area contributed by atoms with Crippen LogP contribution in [-0.4, -0.2) is 14.2 Å². The SMILES string of the molecule is COc1cc2ccc3ccc(C)cc3c2cc1OC. The van der Waals surface area contributed by atoms with Crippen LogP contribution in [-0.2, 0) is 0 Å². The summed E-state index contributed by atoms with van der Waals surface area (Å²) in [5, 5.41) is 4.85. The Kier molecular flexibility index (Phi) is 2.79. The number of rotatable bonds is 2.